The lowest BCUT2D eigenvalue weighted by atomic mass is 10.0. The molecule has 6 heteroatoms. The summed E-state index contributed by atoms with van der Waals surface area (Å²) in [6.45, 7) is 4.14. The third kappa shape index (κ3) is 34.5. The highest BCUT2D eigenvalue weighted by atomic mass is 16.6. The predicted molar refractivity (Wildman–Crippen MR) is 188 cm³/mol. The quantitative estimate of drug-likeness (QED) is 0.0332. The molecule has 0 saturated heterocycles. The van der Waals surface area contributed by atoms with Crippen molar-refractivity contribution in [2.45, 2.75) is 174 Å². The van der Waals surface area contributed by atoms with Crippen molar-refractivity contribution in [1.29, 1.82) is 0 Å². The monoisotopic (exact) mass is 633 g/mol. The molecular weight excluding hydrogens is 564 g/mol. The van der Waals surface area contributed by atoms with Gasteiger partial charge in [0.05, 0.1) is 6.10 Å². The third-order valence-corrected chi connectivity index (χ3v) is 7.65. The van der Waals surface area contributed by atoms with Crippen molar-refractivity contribution in [1.82, 2.24) is 0 Å². The number of hydrogen-bond donors (Lipinski definition) is 2. The summed E-state index contributed by atoms with van der Waals surface area (Å²) in [5, 5.41) is 19.9. The summed E-state index contributed by atoms with van der Waals surface area (Å²) in [5.41, 5.74) is 0. The van der Waals surface area contributed by atoms with Crippen LogP contribution >= 0.6 is 0 Å². The maximum absolute atomic E-state index is 11.9. The maximum atomic E-state index is 11.9. The Hall–Kier alpha value is -2.18. The van der Waals surface area contributed by atoms with Crippen LogP contribution in [0.3, 0.4) is 0 Å². The summed E-state index contributed by atoms with van der Waals surface area (Å²) in [7, 11) is 0. The topological polar surface area (TPSA) is 93.1 Å². The Balaban J connectivity index is 3.63. The van der Waals surface area contributed by atoms with Gasteiger partial charge in [-0.3, -0.25) is 9.59 Å². The van der Waals surface area contributed by atoms with Crippen molar-refractivity contribution < 1.29 is 29.3 Å². The molecule has 2 N–H and O–H groups in total. The summed E-state index contributed by atoms with van der Waals surface area (Å²) in [4.78, 5) is 23.8. The molecule has 0 aliphatic carbocycles. The van der Waals surface area contributed by atoms with E-state index in [1.54, 1.807) is 6.08 Å². The number of esters is 2. The van der Waals surface area contributed by atoms with Gasteiger partial charge < -0.3 is 19.7 Å². The lowest BCUT2D eigenvalue weighted by molar-refractivity contribution is -0.152. The van der Waals surface area contributed by atoms with E-state index < -0.39 is 12.2 Å². The molecule has 0 bridgehead atoms. The first-order valence-electron chi connectivity index (χ1n) is 18.3. The Labute approximate surface area is 276 Å². The van der Waals surface area contributed by atoms with Gasteiger partial charge in [0.1, 0.15) is 19.3 Å². The number of carbonyl (C=O) groups is 2. The highest BCUT2D eigenvalue weighted by Gasteiger charge is 2.12. The number of unbranched alkanes of at least 4 members (excludes halogenated alkanes) is 16. The molecule has 0 rings (SSSR count). The van der Waals surface area contributed by atoms with Gasteiger partial charge in [-0.25, -0.2) is 0 Å². The van der Waals surface area contributed by atoms with Gasteiger partial charge in [0.2, 0.25) is 0 Å². The van der Waals surface area contributed by atoms with Crippen LogP contribution in [0.4, 0.5) is 0 Å². The normalized spacial score (nSPS) is 13.4. The Bertz CT molecular complexity index is 784. The Morgan fingerprint density at radius 2 is 1.04 bits per heavy atom. The van der Waals surface area contributed by atoms with Crippen LogP contribution in [0.5, 0.6) is 0 Å². The van der Waals surface area contributed by atoms with Gasteiger partial charge in [0.15, 0.2) is 0 Å². The molecule has 2 atom stereocenters. The van der Waals surface area contributed by atoms with Crippen LogP contribution in [0.2, 0.25) is 0 Å². The fraction of sp³-hybridized carbons (Fsp3) is 0.744. The van der Waals surface area contributed by atoms with Crippen molar-refractivity contribution in [3.8, 4) is 0 Å². The fourth-order valence-electron chi connectivity index (χ4n) is 4.81. The largest absolute Gasteiger partial charge is 0.463 e. The molecule has 0 aliphatic rings. The van der Waals surface area contributed by atoms with E-state index in [2.05, 4.69) is 19.9 Å². The average Bonchev–Trinajstić information content (AvgIpc) is 3.03. The molecule has 0 spiro atoms. The average molecular weight is 633 g/mol. The van der Waals surface area contributed by atoms with Crippen molar-refractivity contribution in [2.24, 2.45) is 0 Å². The van der Waals surface area contributed by atoms with Crippen molar-refractivity contribution >= 4 is 11.9 Å². The SMILES string of the molecule is CCCCC/C=C\C[C@@H](O)/C=C/C=C\C/C=C\CCCC(=O)OC[C@H](O)COC(=O)CCCCCCCCCCCCCCC. The molecule has 0 heterocycles. The van der Waals surface area contributed by atoms with E-state index >= 15 is 0 Å². The number of carbonyl (C=O) groups excluding carboxylic acids is 2. The van der Waals surface area contributed by atoms with Gasteiger partial charge in [0, 0.05) is 12.8 Å². The predicted octanol–water partition coefficient (Wildman–Crippen LogP) is 10.0. The van der Waals surface area contributed by atoms with E-state index in [1.807, 2.05) is 36.5 Å². The molecule has 0 radical (unpaired) electrons. The van der Waals surface area contributed by atoms with Gasteiger partial charge in [-0.1, -0.05) is 152 Å². The first-order valence-corrected chi connectivity index (χ1v) is 18.3. The zero-order valence-corrected chi connectivity index (χ0v) is 29.0. The van der Waals surface area contributed by atoms with Gasteiger partial charge in [-0.2, -0.15) is 0 Å². The molecule has 0 fully saturated rings. The zero-order valence-electron chi connectivity index (χ0n) is 29.0. The van der Waals surface area contributed by atoms with Crippen molar-refractivity contribution in [2.75, 3.05) is 13.2 Å². The Morgan fingerprint density at radius 3 is 1.64 bits per heavy atom. The number of allylic oxidation sites excluding steroid dienone is 6. The molecule has 0 aromatic heterocycles. The van der Waals surface area contributed by atoms with Crippen LogP contribution in [0.1, 0.15) is 162 Å². The first-order chi connectivity index (χ1) is 22.0. The smallest absolute Gasteiger partial charge is 0.305 e. The zero-order chi connectivity index (χ0) is 33.1. The standard InChI is InChI=1S/C39H68O6/c1-3-5-7-9-11-12-13-14-15-16-20-24-28-32-38(42)44-34-37(41)35-45-39(43)33-29-25-21-18-17-19-23-27-31-36(40)30-26-22-10-8-6-4-2/h18-19,21-23,26-27,31,36-37,40-41H,3-17,20,24-25,28-30,32-35H2,1-2H3/b21-18-,23-19-,26-22-,31-27+/t36-,37-/m1/s1. The maximum Gasteiger partial charge on any atom is 0.305 e. The van der Waals surface area contributed by atoms with E-state index in [0.29, 0.717) is 19.3 Å². The Kier molecular flexibility index (Phi) is 33.0. The molecule has 6 nitrogen and oxygen atoms in total. The van der Waals surface area contributed by atoms with E-state index in [1.165, 1.54) is 83.5 Å². The highest BCUT2D eigenvalue weighted by Crippen LogP contribution is 2.13. The summed E-state index contributed by atoms with van der Waals surface area (Å²) in [5.74, 6) is -0.667. The van der Waals surface area contributed by atoms with Crippen LogP contribution in [0.25, 0.3) is 0 Å². The van der Waals surface area contributed by atoms with E-state index in [4.69, 9.17) is 9.47 Å². The number of aliphatic hydroxyl groups excluding tert-OH is 2. The van der Waals surface area contributed by atoms with Crippen molar-refractivity contribution in [3.63, 3.8) is 0 Å². The highest BCUT2D eigenvalue weighted by molar-refractivity contribution is 5.69. The van der Waals surface area contributed by atoms with Crippen LogP contribution in [0.15, 0.2) is 48.6 Å². The van der Waals surface area contributed by atoms with Crippen LogP contribution in [0, 0.1) is 0 Å². The number of aliphatic hydroxyl groups is 2. The van der Waals surface area contributed by atoms with Crippen LogP contribution < -0.4 is 0 Å². The summed E-state index contributed by atoms with van der Waals surface area (Å²) >= 11 is 0. The molecule has 0 unspecified atom stereocenters. The van der Waals surface area contributed by atoms with Gasteiger partial charge in [0.25, 0.3) is 0 Å². The van der Waals surface area contributed by atoms with E-state index in [0.717, 1.165) is 38.5 Å². The molecule has 0 aromatic carbocycles. The van der Waals surface area contributed by atoms with E-state index in [-0.39, 0.29) is 31.6 Å². The van der Waals surface area contributed by atoms with Gasteiger partial charge >= 0.3 is 11.9 Å². The molecule has 45 heavy (non-hydrogen) atoms. The second-order valence-corrected chi connectivity index (χ2v) is 12.2. The molecule has 0 aliphatic heterocycles. The Morgan fingerprint density at radius 1 is 0.556 bits per heavy atom. The molecule has 0 aromatic rings. The van der Waals surface area contributed by atoms with Crippen LogP contribution in [-0.2, 0) is 19.1 Å². The minimum atomic E-state index is -1.00. The molecule has 260 valence electrons. The van der Waals surface area contributed by atoms with Gasteiger partial charge in [-0.05, 0) is 44.9 Å². The van der Waals surface area contributed by atoms with Crippen molar-refractivity contribution in [3.05, 3.63) is 48.6 Å². The molecule has 0 amide bonds. The number of rotatable bonds is 32. The first kappa shape index (κ1) is 42.8. The minimum absolute atomic E-state index is 0.148. The van der Waals surface area contributed by atoms with Gasteiger partial charge in [-0.15, -0.1) is 0 Å². The lowest BCUT2D eigenvalue weighted by Gasteiger charge is -2.12. The van der Waals surface area contributed by atoms with Crippen LogP contribution in [-0.4, -0.2) is 47.6 Å². The number of hydrogen-bond acceptors (Lipinski definition) is 6. The van der Waals surface area contributed by atoms with E-state index in [9.17, 15) is 19.8 Å². The number of ether oxygens (including phenoxy) is 2. The lowest BCUT2D eigenvalue weighted by Crippen LogP contribution is -2.25. The fourth-order valence-corrected chi connectivity index (χ4v) is 4.81. The molecule has 0 saturated carbocycles. The summed E-state index contributed by atoms with van der Waals surface area (Å²) in [6.07, 6.45) is 39.0. The minimum Gasteiger partial charge on any atom is -0.463 e. The third-order valence-electron chi connectivity index (χ3n) is 7.65. The summed E-state index contributed by atoms with van der Waals surface area (Å²) < 4.78 is 10.2. The second-order valence-electron chi connectivity index (χ2n) is 12.2. The molecular formula is C39H68O6. The summed E-state index contributed by atoms with van der Waals surface area (Å²) in [6, 6.07) is 0. The second kappa shape index (κ2) is 34.7.